The molecule has 2 saturated carbocycles. The van der Waals surface area contributed by atoms with Crippen molar-refractivity contribution in [3.63, 3.8) is 0 Å². The molecule has 5 heterocycles. The van der Waals surface area contributed by atoms with E-state index in [9.17, 15) is 18.4 Å². The highest BCUT2D eigenvalue weighted by molar-refractivity contribution is 6.05. The van der Waals surface area contributed by atoms with Crippen LogP contribution in [0, 0.1) is 0 Å². The molecule has 3 aromatic rings. The fraction of sp³-hybridized carbons (Fsp3) is 0.500. The van der Waals surface area contributed by atoms with Crippen molar-refractivity contribution in [1.29, 1.82) is 0 Å². The van der Waals surface area contributed by atoms with Gasteiger partial charge in [-0.2, -0.15) is 4.98 Å². The summed E-state index contributed by atoms with van der Waals surface area (Å²) in [7, 11) is 0. The van der Waals surface area contributed by atoms with Gasteiger partial charge in [-0.25, -0.2) is 13.8 Å². The fourth-order valence-electron chi connectivity index (χ4n) is 5.22. The van der Waals surface area contributed by atoms with E-state index in [1.807, 2.05) is 0 Å². The Hall–Kier alpha value is -3.34. The molecule has 0 spiro atoms. The molecule has 1 N–H and O–H groups in total. The number of aromatic nitrogens is 4. The molecule has 2 aliphatic carbocycles. The van der Waals surface area contributed by atoms with Gasteiger partial charge in [-0.3, -0.25) is 14.0 Å². The van der Waals surface area contributed by atoms with Crippen LogP contribution in [0.4, 0.5) is 14.5 Å². The van der Waals surface area contributed by atoms with Crippen LogP contribution in [0.25, 0.3) is 5.78 Å². The number of carbonyl (C=O) groups is 1. The van der Waals surface area contributed by atoms with E-state index in [0.717, 1.165) is 31.4 Å². The molecule has 2 saturated heterocycles. The zero-order valence-electron chi connectivity index (χ0n) is 19.3. The molecule has 3 aromatic heterocycles. The first kappa shape index (κ1) is 22.1. The molecule has 2 bridgehead atoms. The lowest BCUT2D eigenvalue weighted by Crippen LogP contribution is -2.45. The fourth-order valence-corrected chi connectivity index (χ4v) is 5.22. The first-order chi connectivity index (χ1) is 16.7. The number of alkyl halides is 2. The number of pyridine rings is 1. The van der Waals surface area contributed by atoms with Crippen LogP contribution in [-0.4, -0.2) is 49.6 Å². The van der Waals surface area contributed by atoms with Crippen LogP contribution < -0.4 is 15.6 Å². The highest BCUT2D eigenvalue weighted by Gasteiger charge is 2.61. The van der Waals surface area contributed by atoms with E-state index < -0.39 is 18.4 Å². The molecule has 35 heavy (non-hydrogen) atoms. The number of fused-ring (bicyclic) bond motifs is 2. The van der Waals surface area contributed by atoms with Gasteiger partial charge in [0.2, 0.25) is 11.7 Å². The number of hydrogen-bond acceptors (Lipinski definition) is 6. The van der Waals surface area contributed by atoms with E-state index in [1.165, 1.54) is 19.2 Å². The SMILES string of the molecule is C[C@H](Oc1nc2nc(C34COC(C)(C3)C4)cn2cc1C(=O)Nc1cccn(C2CC2)c1=O)C(F)F. The number of nitrogens with zero attached hydrogens (tertiary/aromatic N) is 4. The first-order valence-corrected chi connectivity index (χ1v) is 11.7. The normalized spacial score (nSPS) is 26.1. The average Bonchev–Trinajstić information content (AvgIpc) is 3.33. The van der Waals surface area contributed by atoms with E-state index in [0.29, 0.717) is 6.61 Å². The standard InChI is InChI=1S/C24H25F2N5O4/c1-13(18(25)26)35-20-15(19(32)27-16-4-3-7-31(21(16)33)14-5-6-14)8-30-9-17(28-22(30)29-20)24-10-23(2,11-24)34-12-24/h3-4,7-9,13-14,18H,5-6,10-12H2,1-2H3,(H,27,32)/t13-,23?,24?/m0/s1. The van der Waals surface area contributed by atoms with Crippen LogP contribution in [0.5, 0.6) is 5.88 Å². The van der Waals surface area contributed by atoms with Crippen LogP contribution >= 0.6 is 0 Å². The van der Waals surface area contributed by atoms with Crippen LogP contribution in [0.2, 0.25) is 0 Å². The molecule has 4 fully saturated rings. The monoisotopic (exact) mass is 485 g/mol. The molecule has 0 aromatic carbocycles. The molecule has 9 nitrogen and oxygen atoms in total. The Kier molecular flexibility index (Phi) is 4.79. The molecular weight excluding hydrogens is 460 g/mol. The molecule has 7 rings (SSSR count). The number of amides is 1. The Balaban J connectivity index is 1.37. The van der Waals surface area contributed by atoms with E-state index in [4.69, 9.17) is 9.47 Å². The van der Waals surface area contributed by atoms with Crippen molar-refractivity contribution in [1.82, 2.24) is 18.9 Å². The van der Waals surface area contributed by atoms with Crippen LogP contribution in [-0.2, 0) is 10.2 Å². The molecule has 0 radical (unpaired) electrons. The Morgan fingerprint density at radius 2 is 2.06 bits per heavy atom. The van der Waals surface area contributed by atoms with Gasteiger partial charge in [-0.15, -0.1) is 0 Å². The Labute approximate surface area is 199 Å². The highest BCUT2D eigenvalue weighted by atomic mass is 19.3. The summed E-state index contributed by atoms with van der Waals surface area (Å²) in [5.74, 6) is -0.717. The summed E-state index contributed by atoms with van der Waals surface area (Å²) < 4.78 is 40.9. The number of imidazole rings is 1. The lowest BCUT2D eigenvalue weighted by molar-refractivity contribution is 0.0154. The number of halogens is 2. The van der Waals surface area contributed by atoms with Crippen LogP contribution in [0.1, 0.15) is 61.6 Å². The van der Waals surface area contributed by atoms with Crippen LogP contribution in [0.3, 0.4) is 0 Å². The summed E-state index contributed by atoms with van der Waals surface area (Å²) in [6.07, 6.45) is 4.16. The zero-order valence-corrected chi connectivity index (χ0v) is 19.3. The maximum absolute atomic E-state index is 13.3. The third-order valence-corrected chi connectivity index (χ3v) is 7.14. The minimum atomic E-state index is -2.78. The second-order valence-corrected chi connectivity index (χ2v) is 10.1. The number of ether oxygens (including phenoxy) is 2. The summed E-state index contributed by atoms with van der Waals surface area (Å²) in [4.78, 5) is 34.9. The highest BCUT2D eigenvalue weighted by Crippen LogP contribution is 2.58. The molecule has 1 amide bonds. The number of carbonyl (C=O) groups excluding carboxylic acids is 1. The lowest BCUT2D eigenvalue weighted by atomic mass is 9.62. The van der Waals surface area contributed by atoms with Crippen molar-refractivity contribution < 1.29 is 23.0 Å². The Bertz CT molecular complexity index is 1390. The largest absolute Gasteiger partial charge is 0.468 e. The molecule has 4 aliphatic rings. The van der Waals surface area contributed by atoms with E-state index in [1.54, 1.807) is 27.4 Å². The maximum atomic E-state index is 13.3. The van der Waals surface area contributed by atoms with Gasteiger partial charge < -0.3 is 19.4 Å². The van der Waals surface area contributed by atoms with Gasteiger partial charge in [0.1, 0.15) is 11.3 Å². The Morgan fingerprint density at radius 1 is 1.29 bits per heavy atom. The minimum absolute atomic E-state index is 0.0752. The maximum Gasteiger partial charge on any atom is 0.274 e. The summed E-state index contributed by atoms with van der Waals surface area (Å²) in [6, 6.07) is 3.33. The molecule has 184 valence electrons. The van der Waals surface area contributed by atoms with Crippen molar-refractivity contribution in [3.8, 4) is 5.88 Å². The Morgan fingerprint density at radius 3 is 2.71 bits per heavy atom. The van der Waals surface area contributed by atoms with Gasteiger partial charge >= 0.3 is 0 Å². The quantitative estimate of drug-likeness (QED) is 0.551. The number of rotatable bonds is 7. The summed E-state index contributed by atoms with van der Waals surface area (Å²) >= 11 is 0. The van der Waals surface area contributed by atoms with E-state index >= 15 is 0 Å². The molecule has 1 atom stereocenters. The van der Waals surface area contributed by atoms with Gasteiger partial charge in [0.25, 0.3) is 17.9 Å². The first-order valence-electron chi connectivity index (χ1n) is 11.7. The second kappa shape index (κ2) is 7.58. The van der Waals surface area contributed by atoms with Gasteiger partial charge in [0, 0.05) is 30.0 Å². The summed E-state index contributed by atoms with van der Waals surface area (Å²) in [5, 5.41) is 2.61. The van der Waals surface area contributed by atoms with Crippen molar-refractivity contribution in [3.05, 3.63) is 52.3 Å². The third-order valence-electron chi connectivity index (χ3n) is 7.14. The lowest BCUT2D eigenvalue weighted by Gasteiger charge is -2.41. The predicted octanol–water partition coefficient (Wildman–Crippen LogP) is 3.33. The minimum Gasteiger partial charge on any atom is -0.468 e. The molecule has 0 unspecified atom stereocenters. The molecule has 2 aliphatic heterocycles. The van der Waals surface area contributed by atoms with Gasteiger partial charge in [-0.1, -0.05) is 0 Å². The topological polar surface area (TPSA) is 99.8 Å². The van der Waals surface area contributed by atoms with Crippen molar-refractivity contribution in [2.45, 2.75) is 69.1 Å². The van der Waals surface area contributed by atoms with Crippen LogP contribution in [0.15, 0.2) is 35.5 Å². The number of anilines is 1. The summed E-state index contributed by atoms with van der Waals surface area (Å²) in [5.41, 5.74) is 0.131. The average molecular weight is 485 g/mol. The second-order valence-electron chi connectivity index (χ2n) is 10.1. The summed E-state index contributed by atoms with van der Waals surface area (Å²) in [6.45, 7) is 3.81. The van der Waals surface area contributed by atoms with E-state index in [2.05, 4.69) is 22.2 Å². The van der Waals surface area contributed by atoms with E-state index in [-0.39, 0.29) is 45.5 Å². The van der Waals surface area contributed by atoms with Gasteiger partial charge in [0.15, 0.2) is 6.10 Å². The number of nitrogens with one attached hydrogen (secondary N) is 1. The van der Waals surface area contributed by atoms with Crippen molar-refractivity contribution >= 4 is 17.4 Å². The van der Waals surface area contributed by atoms with Crippen molar-refractivity contribution in [2.75, 3.05) is 11.9 Å². The number of hydrogen-bond donors (Lipinski definition) is 1. The van der Waals surface area contributed by atoms with Gasteiger partial charge in [-0.05, 0) is 51.7 Å². The predicted molar refractivity (Wildman–Crippen MR) is 121 cm³/mol. The van der Waals surface area contributed by atoms with Gasteiger partial charge in [0.05, 0.1) is 17.9 Å². The van der Waals surface area contributed by atoms with Crippen molar-refractivity contribution in [2.24, 2.45) is 0 Å². The third kappa shape index (κ3) is 3.69. The molecule has 11 heteroatoms. The zero-order chi connectivity index (χ0) is 24.5. The molecular formula is C24H25F2N5O4. The smallest absolute Gasteiger partial charge is 0.274 e.